The van der Waals surface area contributed by atoms with Gasteiger partial charge in [0.1, 0.15) is 5.75 Å². The molecule has 0 spiro atoms. The Bertz CT molecular complexity index is 1530. The highest BCUT2D eigenvalue weighted by Gasteiger charge is 2.14. The molecular formula is C25H19N5O2S3. The van der Waals surface area contributed by atoms with Gasteiger partial charge in [-0.2, -0.15) is 16.8 Å². The highest BCUT2D eigenvalue weighted by atomic mass is 32.2. The molecule has 1 N–H and O–H groups in total. The Labute approximate surface area is 214 Å². The lowest BCUT2D eigenvalue weighted by Crippen LogP contribution is -2.21. The third-order valence-corrected chi connectivity index (χ3v) is 6.82. The van der Waals surface area contributed by atoms with Crippen molar-refractivity contribution in [3.8, 4) is 11.8 Å². The van der Waals surface area contributed by atoms with Crippen molar-refractivity contribution in [2.75, 3.05) is 5.75 Å². The minimum Gasteiger partial charge on any atom is -0.385 e. The highest BCUT2D eigenvalue weighted by Crippen LogP contribution is 2.22. The summed E-state index contributed by atoms with van der Waals surface area (Å²) in [6.07, 6.45) is 0. The summed E-state index contributed by atoms with van der Waals surface area (Å²) in [6, 6.07) is 25.6. The van der Waals surface area contributed by atoms with E-state index in [1.165, 1.54) is 0 Å². The molecule has 0 amide bonds. The molecule has 0 aliphatic rings. The van der Waals surface area contributed by atoms with Gasteiger partial charge in [0, 0.05) is 12.3 Å². The van der Waals surface area contributed by atoms with E-state index in [1.807, 2.05) is 24.3 Å². The molecule has 1 unspecified atom stereocenters. The molecule has 0 aliphatic carbocycles. The Morgan fingerprint density at radius 2 is 1.86 bits per heavy atom. The number of nitrogens with one attached hydrogen (secondary N) is 1. The van der Waals surface area contributed by atoms with Crippen molar-refractivity contribution in [2.24, 2.45) is 4.99 Å². The van der Waals surface area contributed by atoms with E-state index in [0.29, 0.717) is 17.1 Å². The van der Waals surface area contributed by atoms with E-state index >= 15 is 0 Å². The number of nitrogens with zero attached hydrogens (tertiary/aromatic N) is 4. The maximum atomic E-state index is 12.6. The first kappa shape index (κ1) is 24.3. The molecule has 0 radical (unpaired) electrons. The second-order valence-corrected chi connectivity index (χ2v) is 9.36. The van der Waals surface area contributed by atoms with Crippen LogP contribution in [0.25, 0.3) is 20.8 Å². The van der Waals surface area contributed by atoms with Crippen LogP contribution in [-0.4, -0.2) is 14.5 Å². The molecule has 1 atom stereocenters. The molecule has 3 aromatic carbocycles. The van der Waals surface area contributed by atoms with Gasteiger partial charge in [-0.05, 0) is 42.0 Å². The Balaban J connectivity index is 1.54. The molecule has 35 heavy (non-hydrogen) atoms. The summed E-state index contributed by atoms with van der Waals surface area (Å²) >= 11 is 3.95. The number of benzene rings is 3. The van der Waals surface area contributed by atoms with Crippen LogP contribution in [0.15, 0.2) is 89.6 Å². The zero-order valence-corrected chi connectivity index (χ0v) is 20.8. The number of fused-ring (bicyclic) bond motifs is 1. The van der Waals surface area contributed by atoms with Crippen molar-refractivity contribution < 1.29 is 8.39 Å². The van der Waals surface area contributed by atoms with Crippen LogP contribution in [0.2, 0.25) is 0 Å². The van der Waals surface area contributed by atoms with E-state index in [0.717, 1.165) is 27.3 Å². The number of rotatable bonds is 8. The fraction of sp³-hybridized carbons (Fsp3) is 0.0800. The number of aryl methyl sites for hydroxylation is 1. The minimum absolute atomic E-state index is 0.145. The van der Waals surface area contributed by atoms with Crippen molar-refractivity contribution in [3.63, 3.8) is 0 Å². The third kappa shape index (κ3) is 5.81. The second-order valence-electron chi connectivity index (χ2n) is 7.07. The molecule has 0 saturated heterocycles. The van der Waals surface area contributed by atoms with E-state index in [4.69, 9.17) is 15.7 Å². The number of hydrogen-bond donors (Lipinski definition) is 2. The molecule has 4 aromatic rings. The van der Waals surface area contributed by atoms with Crippen molar-refractivity contribution in [1.29, 1.82) is 5.26 Å². The SMILES string of the molecule is [C-]#[N+]/C(C#N)=C(/NS(=O)Oc1ccc(N=c2sc3ccccc3n2CCS)cc1)c1ccccc1. The van der Waals surface area contributed by atoms with Crippen molar-refractivity contribution >= 4 is 56.8 Å². The van der Waals surface area contributed by atoms with Crippen LogP contribution in [0.5, 0.6) is 5.75 Å². The lowest BCUT2D eigenvalue weighted by atomic mass is 10.1. The monoisotopic (exact) mass is 517 g/mol. The summed E-state index contributed by atoms with van der Waals surface area (Å²) in [5.41, 5.74) is 2.33. The van der Waals surface area contributed by atoms with Gasteiger partial charge in [0.2, 0.25) is 0 Å². The molecule has 0 bridgehead atoms. The van der Waals surface area contributed by atoms with Crippen LogP contribution in [0.4, 0.5) is 5.69 Å². The molecule has 10 heteroatoms. The molecule has 7 nitrogen and oxygen atoms in total. The first-order valence-corrected chi connectivity index (χ1v) is 12.9. The Hall–Kier alpha value is -3.83. The van der Waals surface area contributed by atoms with Gasteiger partial charge in [-0.25, -0.2) is 15.1 Å². The Morgan fingerprint density at radius 1 is 1.14 bits per heavy atom. The normalized spacial score (nSPS) is 12.9. The van der Waals surface area contributed by atoms with Gasteiger partial charge in [0.25, 0.3) is 5.70 Å². The fourth-order valence-electron chi connectivity index (χ4n) is 3.29. The molecule has 1 heterocycles. The number of nitriles is 1. The zero-order chi connectivity index (χ0) is 24.6. The van der Waals surface area contributed by atoms with Gasteiger partial charge >= 0.3 is 11.3 Å². The van der Waals surface area contributed by atoms with Gasteiger partial charge in [0.05, 0.1) is 34.2 Å². The lowest BCUT2D eigenvalue weighted by molar-refractivity contribution is 0.557. The second kappa shape index (κ2) is 11.5. The van der Waals surface area contributed by atoms with Crippen molar-refractivity contribution in [1.82, 2.24) is 9.29 Å². The average molecular weight is 518 g/mol. The summed E-state index contributed by atoms with van der Waals surface area (Å²) in [7, 11) is 0. The Morgan fingerprint density at radius 3 is 2.54 bits per heavy atom. The smallest absolute Gasteiger partial charge is 0.314 e. The molecule has 0 aliphatic heterocycles. The number of aromatic nitrogens is 1. The summed E-state index contributed by atoms with van der Waals surface area (Å²) in [4.78, 5) is 8.86. The van der Waals surface area contributed by atoms with E-state index in [1.54, 1.807) is 59.9 Å². The van der Waals surface area contributed by atoms with Crippen LogP contribution >= 0.6 is 24.0 Å². The number of allylic oxidation sites excluding steroid dienone is 1. The van der Waals surface area contributed by atoms with Gasteiger partial charge in [-0.1, -0.05) is 53.8 Å². The maximum Gasteiger partial charge on any atom is 0.314 e. The predicted octanol–water partition coefficient (Wildman–Crippen LogP) is 5.22. The lowest BCUT2D eigenvalue weighted by Gasteiger charge is -2.11. The van der Waals surface area contributed by atoms with E-state index in [9.17, 15) is 9.47 Å². The fourth-order valence-corrected chi connectivity index (χ4v) is 5.27. The molecular weight excluding hydrogens is 499 g/mol. The Kier molecular flexibility index (Phi) is 8.01. The average Bonchev–Trinajstić information content (AvgIpc) is 3.23. The predicted molar refractivity (Wildman–Crippen MR) is 143 cm³/mol. The van der Waals surface area contributed by atoms with E-state index in [2.05, 4.69) is 38.9 Å². The number of thiazole rings is 1. The van der Waals surface area contributed by atoms with Crippen molar-refractivity contribution in [3.05, 3.63) is 106 Å². The van der Waals surface area contributed by atoms with Crippen LogP contribution in [0.3, 0.4) is 0 Å². The van der Waals surface area contributed by atoms with Crippen LogP contribution in [-0.2, 0) is 17.8 Å². The molecule has 0 saturated carbocycles. The first-order chi connectivity index (χ1) is 17.1. The zero-order valence-electron chi connectivity index (χ0n) is 18.3. The summed E-state index contributed by atoms with van der Waals surface area (Å²) < 4.78 is 24.0. The molecule has 0 fully saturated rings. The van der Waals surface area contributed by atoms with Crippen molar-refractivity contribution in [2.45, 2.75) is 6.54 Å². The quantitative estimate of drug-likeness (QED) is 0.191. The van der Waals surface area contributed by atoms with Gasteiger partial charge in [-0.15, -0.1) is 0 Å². The van der Waals surface area contributed by atoms with Gasteiger partial charge in [0.15, 0.2) is 4.80 Å². The van der Waals surface area contributed by atoms with Crippen LogP contribution in [0, 0.1) is 17.9 Å². The first-order valence-electron chi connectivity index (χ1n) is 10.4. The largest absolute Gasteiger partial charge is 0.385 e. The summed E-state index contributed by atoms with van der Waals surface area (Å²) in [5, 5.41) is 9.29. The molecule has 4 rings (SSSR count). The standard InChI is InChI=1S/C25H19N5O2S3/c1-27-21(17-26)24(18-7-3-2-4-8-18)29-35(31)32-20-13-11-19(12-14-20)28-25-30(15-16-33)22-9-5-6-10-23(22)34-25/h2-14,29,33H,15-16H2/b24-21+,28-25?. The number of hydrogen-bond acceptors (Lipinski definition) is 6. The summed E-state index contributed by atoms with van der Waals surface area (Å²) in [6.45, 7) is 7.99. The molecule has 174 valence electrons. The van der Waals surface area contributed by atoms with Gasteiger partial charge < -0.3 is 8.75 Å². The van der Waals surface area contributed by atoms with E-state index in [-0.39, 0.29) is 11.4 Å². The van der Waals surface area contributed by atoms with Crippen LogP contribution in [0.1, 0.15) is 5.56 Å². The van der Waals surface area contributed by atoms with Gasteiger partial charge in [-0.3, -0.25) is 4.72 Å². The number of thiol groups is 1. The highest BCUT2D eigenvalue weighted by molar-refractivity contribution is 7.80. The third-order valence-electron chi connectivity index (χ3n) is 4.85. The maximum absolute atomic E-state index is 12.6. The summed E-state index contributed by atoms with van der Waals surface area (Å²) in [5.74, 6) is 1.04. The van der Waals surface area contributed by atoms with E-state index < -0.39 is 11.3 Å². The molecule has 1 aromatic heterocycles. The minimum atomic E-state index is -2.03. The van der Waals surface area contributed by atoms with Crippen LogP contribution < -0.4 is 13.7 Å². The number of para-hydroxylation sites is 1. The topological polar surface area (TPSA) is 83.8 Å².